The molecule has 1 aromatic heterocycles. The van der Waals surface area contributed by atoms with Crippen molar-refractivity contribution in [1.29, 1.82) is 0 Å². The van der Waals surface area contributed by atoms with E-state index in [2.05, 4.69) is 4.98 Å². The standard InChI is InChI=1S/C10H11NO3/c1-14-6-2-3-9(11-5-6)7-4-8(7)10(12)13/h2-3,5,7-8H,4H2,1H3,(H,12,13)/t7-,8-/m1/s1. The summed E-state index contributed by atoms with van der Waals surface area (Å²) in [5.41, 5.74) is 0.846. The van der Waals surface area contributed by atoms with Gasteiger partial charge in [-0.05, 0) is 18.6 Å². The lowest BCUT2D eigenvalue weighted by molar-refractivity contribution is -0.138. The van der Waals surface area contributed by atoms with Gasteiger partial charge in [-0.25, -0.2) is 0 Å². The van der Waals surface area contributed by atoms with Gasteiger partial charge in [0, 0.05) is 11.6 Å². The molecule has 4 nitrogen and oxygen atoms in total. The van der Waals surface area contributed by atoms with Crippen molar-refractivity contribution in [2.45, 2.75) is 12.3 Å². The van der Waals surface area contributed by atoms with Crippen LogP contribution < -0.4 is 4.74 Å². The molecule has 0 bridgehead atoms. The third-order valence-corrected chi connectivity index (χ3v) is 2.48. The molecule has 1 N–H and O–H groups in total. The van der Waals surface area contributed by atoms with E-state index < -0.39 is 5.97 Å². The van der Waals surface area contributed by atoms with Crippen molar-refractivity contribution in [2.75, 3.05) is 7.11 Å². The number of aromatic nitrogens is 1. The van der Waals surface area contributed by atoms with E-state index in [-0.39, 0.29) is 11.8 Å². The van der Waals surface area contributed by atoms with E-state index in [1.54, 1.807) is 19.4 Å². The van der Waals surface area contributed by atoms with Crippen molar-refractivity contribution < 1.29 is 14.6 Å². The highest BCUT2D eigenvalue weighted by Gasteiger charge is 2.45. The van der Waals surface area contributed by atoms with Crippen LogP contribution in [0.3, 0.4) is 0 Å². The molecule has 1 aromatic rings. The average Bonchev–Trinajstić information content (AvgIpc) is 2.97. The summed E-state index contributed by atoms with van der Waals surface area (Å²) >= 11 is 0. The Morgan fingerprint density at radius 3 is 2.86 bits per heavy atom. The summed E-state index contributed by atoms with van der Waals surface area (Å²) in [4.78, 5) is 14.8. The largest absolute Gasteiger partial charge is 0.495 e. The maximum Gasteiger partial charge on any atom is 0.307 e. The second-order valence-corrected chi connectivity index (χ2v) is 3.41. The van der Waals surface area contributed by atoms with E-state index in [0.29, 0.717) is 12.2 Å². The Hall–Kier alpha value is -1.58. The van der Waals surface area contributed by atoms with E-state index in [1.165, 1.54) is 0 Å². The van der Waals surface area contributed by atoms with Crippen LogP contribution in [-0.2, 0) is 4.79 Å². The Balaban J connectivity index is 2.08. The second kappa shape index (κ2) is 3.29. The highest BCUT2D eigenvalue weighted by Crippen LogP contribution is 2.46. The van der Waals surface area contributed by atoms with Crippen LogP contribution in [0.4, 0.5) is 0 Å². The summed E-state index contributed by atoms with van der Waals surface area (Å²) in [6, 6.07) is 3.63. The van der Waals surface area contributed by atoms with Gasteiger partial charge >= 0.3 is 5.97 Å². The number of aliphatic carboxylic acids is 1. The summed E-state index contributed by atoms with van der Waals surface area (Å²) < 4.78 is 4.96. The fraction of sp³-hybridized carbons (Fsp3) is 0.400. The van der Waals surface area contributed by atoms with Crippen LogP contribution in [0.5, 0.6) is 5.75 Å². The number of carboxylic acids is 1. The fourth-order valence-corrected chi connectivity index (χ4v) is 1.53. The predicted octanol–water partition coefficient (Wildman–Crippen LogP) is 1.28. The third-order valence-electron chi connectivity index (χ3n) is 2.48. The van der Waals surface area contributed by atoms with Gasteiger partial charge in [0.05, 0.1) is 19.2 Å². The Morgan fingerprint density at radius 1 is 1.64 bits per heavy atom. The van der Waals surface area contributed by atoms with E-state index in [4.69, 9.17) is 9.84 Å². The van der Waals surface area contributed by atoms with Crippen molar-refractivity contribution in [3.8, 4) is 5.75 Å². The smallest absolute Gasteiger partial charge is 0.307 e. The Kier molecular flexibility index (Phi) is 2.11. The topological polar surface area (TPSA) is 59.4 Å². The van der Waals surface area contributed by atoms with Crippen LogP contribution in [0.15, 0.2) is 18.3 Å². The summed E-state index contributed by atoms with van der Waals surface area (Å²) in [5.74, 6) is -0.178. The number of hydrogen-bond donors (Lipinski definition) is 1. The third kappa shape index (κ3) is 1.55. The zero-order valence-electron chi connectivity index (χ0n) is 7.80. The molecule has 0 unspecified atom stereocenters. The maximum atomic E-state index is 10.6. The molecule has 2 atom stereocenters. The SMILES string of the molecule is COc1ccc([C@@H]2C[C@H]2C(=O)O)nc1. The molecule has 2 rings (SSSR count). The molecule has 0 aliphatic heterocycles. The van der Waals surface area contributed by atoms with Gasteiger partial charge in [0.15, 0.2) is 0 Å². The number of pyridine rings is 1. The van der Waals surface area contributed by atoms with Crippen LogP contribution in [0.25, 0.3) is 0 Å². The Labute approximate surface area is 81.5 Å². The van der Waals surface area contributed by atoms with Gasteiger partial charge in [-0.1, -0.05) is 0 Å². The maximum absolute atomic E-state index is 10.6. The van der Waals surface area contributed by atoms with Gasteiger partial charge in [0.25, 0.3) is 0 Å². The molecule has 0 saturated heterocycles. The van der Waals surface area contributed by atoms with Crippen LogP contribution in [0, 0.1) is 5.92 Å². The molecule has 1 fully saturated rings. The summed E-state index contributed by atoms with van der Waals surface area (Å²) in [5, 5.41) is 8.73. The summed E-state index contributed by atoms with van der Waals surface area (Å²) in [6.07, 6.45) is 2.32. The molecule has 74 valence electrons. The number of methoxy groups -OCH3 is 1. The number of ether oxygens (including phenoxy) is 1. The molecule has 0 radical (unpaired) electrons. The highest BCUT2D eigenvalue weighted by atomic mass is 16.5. The van der Waals surface area contributed by atoms with E-state index in [1.807, 2.05) is 6.07 Å². The van der Waals surface area contributed by atoms with Crippen molar-refractivity contribution in [3.05, 3.63) is 24.0 Å². The van der Waals surface area contributed by atoms with Gasteiger partial charge in [-0.15, -0.1) is 0 Å². The molecular formula is C10H11NO3. The first-order valence-electron chi connectivity index (χ1n) is 4.45. The van der Waals surface area contributed by atoms with Crippen LogP contribution >= 0.6 is 0 Å². The lowest BCUT2D eigenvalue weighted by Gasteiger charge is -2.00. The molecule has 1 aliphatic carbocycles. The van der Waals surface area contributed by atoms with Crippen molar-refractivity contribution in [1.82, 2.24) is 4.98 Å². The van der Waals surface area contributed by atoms with E-state index in [9.17, 15) is 4.79 Å². The molecule has 0 amide bonds. The molecule has 14 heavy (non-hydrogen) atoms. The van der Waals surface area contributed by atoms with Gasteiger partial charge in [-0.3, -0.25) is 9.78 Å². The normalized spacial score (nSPS) is 24.4. The first kappa shape index (κ1) is 8.99. The number of hydrogen-bond acceptors (Lipinski definition) is 3. The number of carboxylic acid groups (broad SMARTS) is 1. The molecule has 1 saturated carbocycles. The quantitative estimate of drug-likeness (QED) is 0.785. The predicted molar refractivity (Wildman–Crippen MR) is 49.3 cm³/mol. The molecule has 1 heterocycles. The lowest BCUT2D eigenvalue weighted by atomic mass is 10.2. The zero-order valence-corrected chi connectivity index (χ0v) is 7.80. The van der Waals surface area contributed by atoms with Crippen molar-refractivity contribution >= 4 is 5.97 Å². The Morgan fingerprint density at radius 2 is 2.43 bits per heavy atom. The van der Waals surface area contributed by atoms with Gasteiger partial charge < -0.3 is 9.84 Å². The minimum atomic E-state index is -0.729. The number of carbonyl (C=O) groups is 1. The molecule has 0 aromatic carbocycles. The minimum absolute atomic E-state index is 0.0957. The summed E-state index contributed by atoms with van der Waals surface area (Å²) in [6.45, 7) is 0. The molecular weight excluding hydrogens is 182 g/mol. The van der Waals surface area contributed by atoms with Crippen molar-refractivity contribution in [2.24, 2.45) is 5.92 Å². The number of rotatable bonds is 3. The van der Waals surface area contributed by atoms with E-state index >= 15 is 0 Å². The highest BCUT2D eigenvalue weighted by molar-refractivity contribution is 5.75. The molecule has 1 aliphatic rings. The van der Waals surface area contributed by atoms with E-state index in [0.717, 1.165) is 5.69 Å². The fourth-order valence-electron chi connectivity index (χ4n) is 1.53. The summed E-state index contributed by atoms with van der Waals surface area (Å²) in [7, 11) is 1.58. The second-order valence-electron chi connectivity index (χ2n) is 3.41. The zero-order chi connectivity index (χ0) is 10.1. The minimum Gasteiger partial charge on any atom is -0.495 e. The van der Waals surface area contributed by atoms with Gasteiger partial charge in [-0.2, -0.15) is 0 Å². The van der Waals surface area contributed by atoms with Crippen LogP contribution in [0.1, 0.15) is 18.0 Å². The first-order valence-corrected chi connectivity index (χ1v) is 4.45. The first-order chi connectivity index (χ1) is 6.72. The average molecular weight is 193 g/mol. The molecule has 4 heteroatoms. The molecule has 0 spiro atoms. The monoisotopic (exact) mass is 193 g/mol. The van der Waals surface area contributed by atoms with Gasteiger partial charge in [0.1, 0.15) is 5.75 Å². The van der Waals surface area contributed by atoms with Crippen LogP contribution in [0.2, 0.25) is 0 Å². The number of nitrogens with zero attached hydrogens (tertiary/aromatic N) is 1. The lowest BCUT2D eigenvalue weighted by Crippen LogP contribution is -1.99. The Bertz CT molecular complexity index is 347. The van der Waals surface area contributed by atoms with Crippen molar-refractivity contribution in [3.63, 3.8) is 0 Å². The van der Waals surface area contributed by atoms with Gasteiger partial charge in [0.2, 0.25) is 0 Å². The van der Waals surface area contributed by atoms with Crippen LogP contribution in [-0.4, -0.2) is 23.2 Å².